The molecule has 0 aliphatic carbocycles. The predicted octanol–water partition coefficient (Wildman–Crippen LogP) is 2.48. The van der Waals surface area contributed by atoms with Gasteiger partial charge in [0.1, 0.15) is 0 Å². The minimum absolute atomic E-state index is 0.0256. The molecule has 2 rings (SSSR count). The summed E-state index contributed by atoms with van der Waals surface area (Å²) in [4.78, 5) is 3.82. The van der Waals surface area contributed by atoms with Gasteiger partial charge in [-0.2, -0.15) is 0 Å². The summed E-state index contributed by atoms with van der Waals surface area (Å²) in [5.74, 6) is 0.185. The van der Waals surface area contributed by atoms with Gasteiger partial charge in [-0.1, -0.05) is 24.9 Å². The standard InChI is InChI=1S/C12H17ClFN3/c1-2-3-8-5-16-12(17-6-8)9-4-10(14)11(13)15-7-9/h4,7-8,12,16-17H,2-3,5-6H2,1H3. The summed E-state index contributed by atoms with van der Waals surface area (Å²) in [5, 5.41) is 6.64. The molecule has 0 radical (unpaired) electrons. The fraction of sp³-hybridized carbons (Fsp3) is 0.583. The number of rotatable bonds is 3. The van der Waals surface area contributed by atoms with Crippen LogP contribution in [0.2, 0.25) is 5.15 Å². The molecule has 3 nitrogen and oxygen atoms in total. The molecule has 1 aliphatic rings. The van der Waals surface area contributed by atoms with Crippen molar-refractivity contribution >= 4 is 11.6 Å². The molecule has 1 saturated heterocycles. The minimum Gasteiger partial charge on any atom is -0.298 e. The third-order valence-corrected chi connectivity index (χ3v) is 3.35. The first kappa shape index (κ1) is 12.7. The van der Waals surface area contributed by atoms with Gasteiger partial charge in [-0.25, -0.2) is 9.37 Å². The number of hydrogen-bond donors (Lipinski definition) is 2. The lowest BCUT2D eigenvalue weighted by molar-refractivity contribution is 0.285. The molecular formula is C12H17ClFN3. The van der Waals surface area contributed by atoms with Gasteiger partial charge in [0.15, 0.2) is 11.0 Å². The summed E-state index contributed by atoms with van der Waals surface area (Å²) < 4.78 is 13.3. The monoisotopic (exact) mass is 257 g/mol. The van der Waals surface area contributed by atoms with Crippen LogP contribution < -0.4 is 10.6 Å². The summed E-state index contributed by atoms with van der Waals surface area (Å²) in [5.41, 5.74) is 0.793. The average Bonchev–Trinajstić information content (AvgIpc) is 2.34. The van der Waals surface area contributed by atoms with Crippen LogP contribution in [0.1, 0.15) is 31.5 Å². The van der Waals surface area contributed by atoms with Crippen molar-refractivity contribution in [2.75, 3.05) is 13.1 Å². The van der Waals surface area contributed by atoms with Crippen molar-refractivity contribution < 1.29 is 4.39 Å². The van der Waals surface area contributed by atoms with Gasteiger partial charge in [-0.05, 0) is 18.4 Å². The SMILES string of the molecule is CCCC1CNC(c2cnc(Cl)c(F)c2)NC1. The molecule has 17 heavy (non-hydrogen) atoms. The molecule has 0 aromatic carbocycles. The normalized spacial score (nSPS) is 24.9. The Morgan fingerprint density at radius 3 is 2.76 bits per heavy atom. The van der Waals surface area contributed by atoms with Crippen LogP contribution >= 0.6 is 11.6 Å². The lowest BCUT2D eigenvalue weighted by atomic mass is 10.0. The van der Waals surface area contributed by atoms with Gasteiger partial charge in [0, 0.05) is 24.8 Å². The molecule has 0 unspecified atom stereocenters. The smallest absolute Gasteiger partial charge is 0.164 e. The number of nitrogens with zero attached hydrogens (tertiary/aromatic N) is 1. The Labute approximate surface area is 106 Å². The van der Waals surface area contributed by atoms with Crippen LogP contribution in [0.15, 0.2) is 12.3 Å². The molecule has 0 saturated carbocycles. The molecule has 2 N–H and O–H groups in total. The topological polar surface area (TPSA) is 37.0 Å². The van der Waals surface area contributed by atoms with Crippen LogP contribution in [-0.4, -0.2) is 18.1 Å². The van der Waals surface area contributed by atoms with Crippen LogP contribution in [-0.2, 0) is 0 Å². The maximum absolute atomic E-state index is 13.3. The molecule has 1 aliphatic heterocycles. The fourth-order valence-corrected chi connectivity index (χ4v) is 2.26. The van der Waals surface area contributed by atoms with Crippen molar-refractivity contribution in [3.05, 3.63) is 28.8 Å². The van der Waals surface area contributed by atoms with E-state index in [0.29, 0.717) is 5.92 Å². The Hall–Kier alpha value is -0.710. The maximum Gasteiger partial charge on any atom is 0.164 e. The molecule has 0 amide bonds. The van der Waals surface area contributed by atoms with E-state index in [1.807, 2.05) is 0 Å². The van der Waals surface area contributed by atoms with E-state index in [0.717, 1.165) is 18.7 Å². The van der Waals surface area contributed by atoms with Crippen molar-refractivity contribution in [1.82, 2.24) is 15.6 Å². The molecule has 1 fully saturated rings. The van der Waals surface area contributed by atoms with Crippen LogP contribution in [0.5, 0.6) is 0 Å². The third-order valence-electron chi connectivity index (χ3n) is 3.07. The Kier molecular flexibility index (Phi) is 4.31. The second kappa shape index (κ2) is 5.76. The Morgan fingerprint density at radius 2 is 2.18 bits per heavy atom. The highest BCUT2D eigenvalue weighted by Gasteiger charge is 2.21. The predicted molar refractivity (Wildman–Crippen MR) is 66.3 cm³/mol. The van der Waals surface area contributed by atoms with Crippen LogP contribution in [0, 0.1) is 11.7 Å². The van der Waals surface area contributed by atoms with Crippen molar-refractivity contribution in [1.29, 1.82) is 0 Å². The molecule has 1 aromatic rings. The summed E-state index contributed by atoms with van der Waals surface area (Å²) in [6.07, 6.45) is 3.98. The molecule has 1 aromatic heterocycles. The minimum atomic E-state index is -0.469. The largest absolute Gasteiger partial charge is 0.298 e. The van der Waals surface area contributed by atoms with E-state index >= 15 is 0 Å². The first-order valence-electron chi connectivity index (χ1n) is 5.98. The number of hydrogen-bond acceptors (Lipinski definition) is 3. The average molecular weight is 258 g/mol. The van der Waals surface area contributed by atoms with Gasteiger partial charge in [0.05, 0.1) is 6.17 Å². The van der Waals surface area contributed by atoms with Crippen molar-refractivity contribution in [3.63, 3.8) is 0 Å². The number of nitrogens with one attached hydrogen (secondary N) is 2. The Balaban J connectivity index is 1.98. The van der Waals surface area contributed by atoms with Crippen LogP contribution in [0.3, 0.4) is 0 Å². The third kappa shape index (κ3) is 3.15. The molecule has 5 heteroatoms. The Morgan fingerprint density at radius 1 is 1.47 bits per heavy atom. The van der Waals surface area contributed by atoms with Gasteiger partial charge in [0.25, 0.3) is 0 Å². The van der Waals surface area contributed by atoms with E-state index < -0.39 is 5.82 Å². The zero-order valence-corrected chi connectivity index (χ0v) is 10.6. The summed E-state index contributed by atoms with van der Waals surface area (Å²) in [6.45, 7) is 4.09. The quantitative estimate of drug-likeness (QED) is 0.817. The first-order valence-corrected chi connectivity index (χ1v) is 6.36. The Bertz CT molecular complexity index is 378. The molecular weight excluding hydrogens is 241 g/mol. The van der Waals surface area contributed by atoms with E-state index in [4.69, 9.17) is 11.6 Å². The highest BCUT2D eigenvalue weighted by molar-refractivity contribution is 6.29. The van der Waals surface area contributed by atoms with Crippen LogP contribution in [0.25, 0.3) is 0 Å². The van der Waals surface area contributed by atoms with Crippen molar-refractivity contribution in [2.24, 2.45) is 5.92 Å². The summed E-state index contributed by atoms with van der Waals surface area (Å²) in [7, 11) is 0. The maximum atomic E-state index is 13.3. The van der Waals surface area contributed by atoms with Gasteiger partial charge in [-0.15, -0.1) is 0 Å². The lowest BCUT2D eigenvalue weighted by Gasteiger charge is -2.31. The van der Waals surface area contributed by atoms with Crippen LogP contribution in [0.4, 0.5) is 4.39 Å². The van der Waals surface area contributed by atoms with E-state index in [9.17, 15) is 4.39 Å². The summed E-state index contributed by atoms with van der Waals surface area (Å²) >= 11 is 5.56. The van der Waals surface area contributed by atoms with E-state index in [1.54, 1.807) is 6.20 Å². The van der Waals surface area contributed by atoms with E-state index in [1.165, 1.54) is 18.9 Å². The molecule has 0 spiro atoms. The lowest BCUT2D eigenvalue weighted by Crippen LogP contribution is -2.46. The van der Waals surface area contributed by atoms with E-state index in [2.05, 4.69) is 22.5 Å². The molecule has 94 valence electrons. The van der Waals surface area contributed by atoms with Gasteiger partial charge >= 0.3 is 0 Å². The highest BCUT2D eigenvalue weighted by Crippen LogP contribution is 2.19. The zero-order chi connectivity index (χ0) is 12.3. The van der Waals surface area contributed by atoms with Gasteiger partial charge < -0.3 is 0 Å². The van der Waals surface area contributed by atoms with E-state index in [-0.39, 0.29) is 11.3 Å². The van der Waals surface area contributed by atoms with Gasteiger partial charge in [0.2, 0.25) is 0 Å². The number of halogens is 2. The van der Waals surface area contributed by atoms with Crippen molar-refractivity contribution in [2.45, 2.75) is 25.9 Å². The second-order valence-corrected chi connectivity index (χ2v) is 4.80. The second-order valence-electron chi connectivity index (χ2n) is 4.45. The first-order chi connectivity index (χ1) is 8.20. The summed E-state index contributed by atoms with van der Waals surface area (Å²) in [6, 6.07) is 1.43. The fourth-order valence-electron chi connectivity index (χ4n) is 2.16. The van der Waals surface area contributed by atoms with Gasteiger partial charge in [-0.3, -0.25) is 10.6 Å². The number of aromatic nitrogens is 1. The molecule has 0 atom stereocenters. The van der Waals surface area contributed by atoms with Crippen molar-refractivity contribution in [3.8, 4) is 0 Å². The molecule has 2 heterocycles. The number of pyridine rings is 1. The highest BCUT2D eigenvalue weighted by atomic mass is 35.5. The molecule has 0 bridgehead atoms. The zero-order valence-electron chi connectivity index (χ0n) is 9.84.